The molecule has 2 heterocycles. The van der Waals surface area contributed by atoms with Crippen LogP contribution < -0.4 is 0 Å². The third kappa shape index (κ3) is 7.26. The maximum Gasteiger partial charge on any atom is 0.471 e. The van der Waals surface area contributed by atoms with Crippen LogP contribution in [0.5, 0.6) is 0 Å². The Kier molecular flexibility index (Phi) is 9.26. The van der Waals surface area contributed by atoms with E-state index in [0.717, 1.165) is 22.4 Å². The summed E-state index contributed by atoms with van der Waals surface area (Å²) >= 11 is 0. The van der Waals surface area contributed by atoms with Crippen molar-refractivity contribution in [1.29, 1.82) is 0 Å². The van der Waals surface area contributed by atoms with Gasteiger partial charge in [0.15, 0.2) is 0 Å². The molecule has 0 spiro atoms. The second-order valence-corrected chi connectivity index (χ2v) is 11.8. The number of pyridine rings is 1. The molecular formula is C38H36F3N3O. The van der Waals surface area contributed by atoms with Crippen LogP contribution >= 0.6 is 0 Å². The molecule has 0 aliphatic carbocycles. The van der Waals surface area contributed by atoms with Crippen molar-refractivity contribution in [3.05, 3.63) is 150 Å². The number of likely N-dealkylation sites (tertiary alicyclic amines) is 1. The third-order valence-electron chi connectivity index (χ3n) is 8.97. The first-order valence-corrected chi connectivity index (χ1v) is 15.4. The molecular weight excluding hydrogens is 571 g/mol. The first kappa shape index (κ1) is 30.5. The van der Waals surface area contributed by atoms with E-state index in [1.54, 1.807) is 12.3 Å². The van der Waals surface area contributed by atoms with Crippen molar-refractivity contribution in [1.82, 2.24) is 14.8 Å². The smallest absolute Gasteiger partial charge is 0.327 e. The van der Waals surface area contributed by atoms with Crippen molar-refractivity contribution in [2.75, 3.05) is 13.1 Å². The number of aromatic nitrogens is 1. The zero-order valence-corrected chi connectivity index (χ0v) is 25.0. The molecule has 7 heteroatoms. The standard InChI is InChI=1S/C38H36F3N3O/c39-38(40,41)37(45)44(26-31-20-22-42-36-19-11-10-18-34(31)36)32-21-23-43(33(25-32)24-28-12-4-1-5-13-28)27-35(29-14-6-2-7-15-29)30-16-8-3-9-17-30/h1-20,22,32-33,35H,21,23-27H2/t32-,33?/m0/s1. The van der Waals surface area contributed by atoms with Gasteiger partial charge in [-0.1, -0.05) is 109 Å². The second kappa shape index (κ2) is 13.7. The van der Waals surface area contributed by atoms with Crippen LogP contribution in [0.3, 0.4) is 0 Å². The van der Waals surface area contributed by atoms with Gasteiger partial charge in [0, 0.05) is 49.2 Å². The summed E-state index contributed by atoms with van der Waals surface area (Å²) < 4.78 is 42.4. The van der Waals surface area contributed by atoms with Crippen molar-refractivity contribution in [3.63, 3.8) is 0 Å². The number of fused-ring (bicyclic) bond motifs is 1. The average molecular weight is 608 g/mol. The van der Waals surface area contributed by atoms with Crippen LogP contribution in [0.25, 0.3) is 10.9 Å². The van der Waals surface area contributed by atoms with E-state index >= 15 is 0 Å². The molecule has 45 heavy (non-hydrogen) atoms. The van der Waals surface area contributed by atoms with E-state index in [9.17, 15) is 18.0 Å². The van der Waals surface area contributed by atoms with Gasteiger partial charge in [-0.2, -0.15) is 13.2 Å². The highest BCUT2D eigenvalue weighted by atomic mass is 19.4. The fourth-order valence-electron chi connectivity index (χ4n) is 6.71. The van der Waals surface area contributed by atoms with Gasteiger partial charge in [0.05, 0.1) is 5.52 Å². The fourth-order valence-corrected chi connectivity index (χ4v) is 6.71. The van der Waals surface area contributed by atoms with E-state index in [2.05, 4.69) is 46.3 Å². The van der Waals surface area contributed by atoms with Gasteiger partial charge in [-0.3, -0.25) is 14.7 Å². The van der Waals surface area contributed by atoms with Crippen molar-refractivity contribution in [2.45, 2.75) is 50.0 Å². The molecule has 0 radical (unpaired) electrons. The van der Waals surface area contributed by atoms with Gasteiger partial charge in [-0.05, 0) is 53.6 Å². The van der Waals surface area contributed by atoms with Crippen molar-refractivity contribution >= 4 is 16.8 Å². The Morgan fingerprint density at radius 3 is 2.07 bits per heavy atom. The number of nitrogens with zero attached hydrogens (tertiary/aromatic N) is 3. The molecule has 1 aromatic heterocycles. The molecule has 0 bridgehead atoms. The second-order valence-electron chi connectivity index (χ2n) is 11.8. The lowest BCUT2D eigenvalue weighted by Gasteiger charge is -2.45. The summed E-state index contributed by atoms with van der Waals surface area (Å²) in [5.41, 5.74) is 4.87. The lowest BCUT2D eigenvalue weighted by atomic mass is 9.86. The lowest BCUT2D eigenvalue weighted by Crippen LogP contribution is -2.55. The maximum atomic E-state index is 14.1. The number of hydrogen-bond acceptors (Lipinski definition) is 3. The minimum Gasteiger partial charge on any atom is -0.327 e. The summed E-state index contributed by atoms with van der Waals surface area (Å²) in [7, 11) is 0. The topological polar surface area (TPSA) is 36.4 Å². The van der Waals surface area contributed by atoms with Crippen LogP contribution in [0, 0.1) is 0 Å². The molecule has 0 N–H and O–H groups in total. The third-order valence-corrected chi connectivity index (χ3v) is 8.97. The van der Waals surface area contributed by atoms with E-state index in [1.165, 1.54) is 11.1 Å². The molecule has 1 amide bonds. The SMILES string of the molecule is O=C(N(Cc1ccnc2ccccc12)[C@H]1CCN(CC(c2ccccc2)c2ccccc2)C(Cc2ccccc2)C1)C(F)(F)F. The monoisotopic (exact) mass is 607 g/mol. The molecule has 1 fully saturated rings. The predicted octanol–water partition coefficient (Wildman–Crippen LogP) is 8.03. The molecule has 2 atom stereocenters. The number of hydrogen-bond donors (Lipinski definition) is 0. The first-order valence-electron chi connectivity index (χ1n) is 15.4. The van der Waals surface area contributed by atoms with Crippen molar-refractivity contribution in [2.24, 2.45) is 0 Å². The van der Waals surface area contributed by atoms with Crippen molar-refractivity contribution < 1.29 is 18.0 Å². The summed E-state index contributed by atoms with van der Waals surface area (Å²) in [6, 6.07) is 39.3. The van der Waals surface area contributed by atoms with E-state index in [1.807, 2.05) is 78.9 Å². The van der Waals surface area contributed by atoms with Crippen LogP contribution in [0.4, 0.5) is 13.2 Å². The highest BCUT2D eigenvalue weighted by Crippen LogP contribution is 2.34. The number of rotatable bonds is 9. The average Bonchev–Trinajstić information content (AvgIpc) is 3.07. The van der Waals surface area contributed by atoms with Crippen molar-refractivity contribution in [3.8, 4) is 0 Å². The van der Waals surface area contributed by atoms with Crippen LogP contribution in [0.2, 0.25) is 0 Å². The van der Waals surface area contributed by atoms with Gasteiger partial charge in [-0.25, -0.2) is 0 Å². The van der Waals surface area contributed by atoms with Crippen LogP contribution in [0.1, 0.15) is 41.0 Å². The Bertz CT molecular complexity index is 1650. The van der Waals surface area contributed by atoms with Gasteiger partial charge < -0.3 is 4.90 Å². The van der Waals surface area contributed by atoms with Crippen LogP contribution in [-0.2, 0) is 17.8 Å². The normalized spacial score (nSPS) is 17.4. The maximum absolute atomic E-state index is 14.1. The van der Waals surface area contributed by atoms with Gasteiger partial charge in [0.25, 0.3) is 0 Å². The molecule has 1 unspecified atom stereocenters. The summed E-state index contributed by atoms with van der Waals surface area (Å²) in [5.74, 6) is -1.69. The molecule has 4 nitrogen and oxygen atoms in total. The Morgan fingerprint density at radius 2 is 1.42 bits per heavy atom. The molecule has 1 saturated heterocycles. The van der Waals surface area contributed by atoms with E-state index in [0.29, 0.717) is 36.9 Å². The summed E-state index contributed by atoms with van der Waals surface area (Å²) in [5, 5.41) is 0.756. The van der Waals surface area contributed by atoms with Gasteiger partial charge >= 0.3 is 12.1 Å². The number of para-hydroxylation sites is 1. The number of halogens is 3. The minimum atomic E-state index is -4.97. The zero-order valence-electron chi connectivity index (χ0n) is 25.0. The molecule has 0 saturated carbocycles. The van der Waals surface area contributed by atoms with Gasteiger partial charge in [-0.15, -0.1) is 0 Å². The summed E-state index contributed by atoms with van der Waals surface area (Å²) in [6.07, 6.45) is -1.80. The molecule has 1 aliphatic rings. The lowest BCUT2D eigenvalue weighted by molar-refractivity contribution is -0.189. The number of carbonyl (C=O) groups excluding carboxylic acids is 1. The Balaban J connectivity index is 1.32. The summed E-state index contributed by atoms with van der Waals surface area (Å²) in [4.78, 5) is 20.9. The van der Waals surface area contributed by atoms with Gasteiger partial charge in [0.1, 0.15) is 0 Å². The molecule has 5 aromatic rings. The number of alkyl halides is 3. The minimum absolute atomic E-state index is 0.0567. The van der Waals surface area contributed by atoms with Gasteiger partial charge in [0.2, 0.25) is 0 Å². The molecule has 1 aliphatic heterocycles. The number of benzene rings is 4. The largest absolute Gasteiger partial charge is 0.471 e. The quantitative estimate of drug-likeness (QED) is 0.170. The van der Waals surface area contributed by atoms with E-state index in [4.69, 9.17) is 0 Å². The highest BCUT2D eigenvalue weighted by molar-refractivity contribution is 5.84. The summed E-state index contributed by atoms with van der Waals surface area (Å²) in [6.45, 7) is 1.18. The first-order chi connectivity index (χ1) is 21.9. The Morgan fingerprint density at radius 1 is 0.822 bits per heavy atom. The Labute approximate surface area is 262 Å². The number of amides is 1. The molecule has 4 aromatic carbocycles. The van der Waals surface area contributed by atoms with E-state index < -0.39 is 18.1 Å². The zero-order chi connectivity index (χ0) is 31.2. The number of piperidine rings is 1. The van der Waals surface area contributed by atoms with E-state index in [-0.39, 0.29) is 18.5 Å². The highest BCUT2D eigenvalue weighted by Gasteiger charge is 2.46. The van der Waals surface area contributed by atoms with Crippen LogP contribution in [0.15, 0.2) is 128 Å². The van der Waals surface area contributed by atoms with Crippen LogP contribution in [-0.4, -0.2) is 52.0 Å². The molecule has 6 rings (SSSR count). The fraction of sp³-hybridized carbons (Fsp3) is 0.263. The molecule has 230 valence electrons. The predicted molar refractivity (Wildman–Crippen MR) is 172 cm³/mol. The number of carbonyl (C=O) groups is 1. The Hall–Kier alpha value is -4.49.